The molecule has 0 aromatic heterocycles. The summed E-state index contributed by atoms with van der Waals surface area (Å²) < 4.78 is 0. The summed E-state index contributed by atoms with van der Waals surface area (Å²) in [6, 6.07) is 21.0. The molecule has 136 valence electrons. The van der Waals surface area contributed by atoms with Crippen LogP contribution < -0.4 is 0 Å². The molecule has 1 nitrogen and oxygen atoms in total. The van der Waals surface area contributed by atoms with Crippen LogP contribution in [0.1, 0.15) is 18.1 Å². The molecule has 2 aromatic rings. The van der Waals surface area contributed by atoms with Crippen molar-refractivity contribution in [3.05, 3.63) is 95.6 Å². The number of thioether (sulfide) groups is 2. The molecular weight excluding hydrogens is 356 g/mol. The van der Waals surface area contributed by atoms with Crippen molar-refractivity contribution >= 4 is 23.5 Å². The number of hydrogen-bond acceptors (Lipinski definition) is 3. The van der Waals surface area contributed by atoms with E-state index in [1.165, 1.54) is 11.1 Å². The largest absolute Gasteiger partial charge is 0.388 e. The van der Waals surface area contributed by atoms with Gasteiger partial charge in [0.05, 0.1) is 6.10 Å². The summed E-state index contributed by atoms with van der Waals surface area (Å²) in [7, 11) is 0. The quantitative estimate of drug-likeness (QED) is 0.631. The van der Waals surface area contributed by atoms with E-state index in [1.54, 1.807) is 0 Å². The van der Waals surface area contributed by atoms with E-state index in [0.717, 1.165) is 28.6 Å². The lowest BCUT2D eigenvalue weighted by Crippen LogP contribution is -2.36. The standard InChI is InChI=1S/C23H26OS2/c1-23(18-26-16-20-11-6-3-7-12-20)14-8-13-21(22(23)24)17-25-15-19-9-4-2-5-10-19/h2-14,22,24H,15-18H2,1H3. The van der Waals surface area contributed by atoms with Crippen LogP contribution in [-0.2, 0) is 11.5 Å². The maximum atomic E-state index is 10.9. The van der Waals surface area contributed by atoms with Gasteiger partial charge in [-0.25, -0.2) is 0 Å². The molecule has 3 rings (SSSR count). The molecule has 0 saturated heterocycles. The van der Waals surface area contributed by atoms with Gasteiger partial charge in [-0.3, -0.25) is 0 Å². The summed E-state index contributed by atoms with van der Waals surface area (Å²) in [6.07, 6.45) is 5.97. The van der Waals surface area contributed by atoms with Crippen molar-refractivity contribution in [1.82, 2.24) is 0 Å². The number of allylic oxidation sites excluding steroid dienone is 2. The van der Waals surface area contributed by atoms with Crippen molar-refractivity contribution in [1.29, 1.82) is 0 Å². The van der Waals surface area contributed by atoms with Crippen molar-refractivity contribution < 1.29 is 5.11 Å². The highest BCUT2D eigenvalue weighted by molar-refractivity contribution is 7.98. The highest BCUT2D eigenvalue weighted by Crippen LogP contribution is 2.37. The highest BCUT2D eigenvalue weighted by Gasteiger charge is 2.34. The number of aliphatic hydroxyl groups is 1. The van der Waals surface area contributed by atoms with Crippen molar-refractivity contribution in [2.75, 3.05) is 11.5 Å². The van der Waals surface area contributed by atoms with Crippen LogP contribution in [0, 0.1) is 5.41 Å². The molecule has 0 heterocycles. The molecule has 2 aromatic carbocycles. The Kier molecular flexibility index (Phi) is 7.07. The van der Waals surface area contributed by atoms with Gasteiger partial charge in [0.2, 0.25) is 0 Å². The van der Waals surface area contributed by atoms with E-state index < -0.39 is 6.10 Å². The second-order valence-corrected chi connectivity index (χ2v) is 8.94. The fourth-order valence-corrected chi connectivity index (χ4v) is 5.32. The third-order valence-electron chi connectivity index (χ3n) is 4.67. The molecule has 26 heavy (non-hydrogen) atoms. The maximum Gasteiger partial charge on any atom is 0.0857 e. The zero-order valence-electron chi connectivity index (χ0n) is 15.2. The second-order valence-electron chi connectivity index (χ2n) is 6.97. The third kappa shape index (κ3) is 5.29. The van der Waals surface area contributed by atoms with Crippen LogP contribution in [0.15, 0.2) is 84.5 Å². The van der Waals surface area contributed by atoms with E-state index in [9.17, 15) is 5.11 Å². The van der Waals surface area contributed by atoms with Crippen molar-refractivity contribution in [2.45, 2.75) is 24.5 Å². The molecule has 1 N–H and O–H groups in total. The summed E-state index contributed by atoms with van der Waals surface area (Å²) in [5.41, 5.74) is 3.61. The Hall–Kier alpha value is -1.42. The summed E-state index contributed by atoms with van der Waals surface area (Å²) >= 11 is 3.76. The molecule has 0 amide bonds. The van der Waals surface area contributed by atoms with E-state index in [2.05, 4.69) is 73.7 Å². The van der Waals surface area contributed by atoms with E-state index in [0.29, 0.717) is 0 Å². The summed E-state index contributed by atoms with van der Waals surface area (Å²) in [4.78, 5) is 0. The van der Waals surface area contributed by atoms with Crippen LogP contribution in [0.3, 0.4) is 0 Å². The smallest absolute Gasteiger partial charge is 0.0857 e. The van der Waals surface area contributed by atoms with Crippen LogP contribution >= 0.6 is 23.5 Å². The van der Waals surface area contributed by atoms with Gasteiger partial charge in [0.15, 0.2) is 0 Å². The summed E-state index contributed by atoms with van der Waals surface area (Å²) in [5.74, 6) is 3.76. The Morgan fingerprint density at radius 3 is 2.04 bits per heavy atom. The van der Waals surface area contributed by atoms with Gasteiger partial charge in [0.1, 0.15) is 0 Å². The van der Waals surface area contributed by atoms with Crippen LogP contribution in [-0.4, -0.2) is 22.7 Å². The van der Waals surface area contributed by atoms with Crippen LogP contribution in [0.5, 0.6) is 0 Å². The average molecular weight is 383 g/mol. The van der Waals surface area contributed by atoms with Crippen molar-refractivity contribution in [3.63, 3.8) is 0 Å². The summed E-state index contributed by atoms with van der Waals surface area (Å²) in [5, 5.41) is 10.9. The van der Waals surface area contributed by atoms with Gasteiger partial charge in [-0.2, -0.15) is 23.5 Å². The molecule has 2 atom stereocenters. The predicted octanol–water partition coefficient (Wildman–Crippen LogP) is 5.72. The Morgan fingerprint density at radius 2 is 1.42 bits per heavy atom. The molecule has 3 heteroatoms. The van der Waals surface area contributed by atoms with E-state index in [4.69, 9.17) is 0 Å². The van der Waals surface area contributed by atoms with Gasteiger partial charge >= 0.3 is 0 Å². The topological polar surface area (TPSA) is 20.2 Å². The number of rotatable bonds is 8. The SMILES string of the molecule is CC1(CSCc2ccccc2)C=CC=C(CSCc2ccccc2)C1O. The minimum absolute atomic E-state index is 0.198. The maximum absolute atomic E-state index is 10.9. The molecule has 0 spiro atoms. The Bertz CT molecular complexity index is 739. The number of aliphatic hydroxyl groups excluding tert-OH is 1. The number of hydrogen-bond donors (Lipinski definition) is 1. The summed E-state index contributed by atoms with van der Waals surface area (Å²) in [6.45, 7) is 2.17. The van der Waals surface area contributed by atoms with Gasteiger partial charge in [0.25, 0.3) is 0 Å². The van der Waals surface area contributed by atoms with Gasteiger partial charge in [0, 0.05) is 28.4 Å². The number of benzene rings is 2. The Morgan fingerprint density at radius 1 is 0.846 bits per heavy atom. The first-order chi connectivity index (χ1) is 12.7. The fraction of sp³-hybridized carbons (Fsp3) is 0.304. The van der Waals surface area contributed by atoms with E-state index in [1.807, 2.05) is 35.7 Å². The van der Waals surface area contributed by atoms with Gasteiger partial charge in [-0.05, 0) is 16.7 Å². The van der Waals surface area contributed by atoms with Gasteiger partial charge in [-0.15, -0.1) is 0 Å². The van der Waals surface area contributed by atoms with Crippen LogP contribution in [0.2, 0.25) is 0 Å². The molecule has 1 aliphatic rings. The van der Waals surface area contributed by atoms with Crippen LogP contribution in [0.4, 0.5) is 0 Å². The zero-order valence-corrected chi connectivity index (χ0v) is 16.8. The monoisotopic (exact) mass is 382 g/mol. The molecule has 1 aliphatic carbocycles. The van der Waals surface area contributed by atoms with Gasteiger partial charge in [-0.1, -0.05) is 85.8 Å². The predicted molar refractivity (Wildman–Crippen MR) is 117 cm³/mol. The van der Waals surface area contributed by atoms with E-state index in [-0.39, 0.29) is 5.41 Å². The molecule has 0 saturated carbocycles. The zero-order chi connectivity index (χ0) is 18.2. The normalized spacial score (nSPS) is 22.2. The fourth-order valence-electron chi connectivity index (χ4n) is 3.08. The Balaban J connectivity index is 1.50. The lowest BCUT2D eigenvalue weighted by molar-refractivity contribution is 0.116. The molecular formula is C23H26OS2. The van der Waals surface area contributed by atoms with Crippen LogP contribution in [0.25, 0.3) is 0 Å². The average Bonchev–Trinajstić information content (AvgIpc) is 2.67. The molecule has 0 radical (unpaired) electrons. The molecule has 0 aliphatic heterocycles. The van der Waals surface area contributed by atoms with Crippen molar-refractivity contribution in [3.8, 4) is 0 Å². The first kappa shape index (κ1) is 19.3. The molecule has 2 unspecified atom stereocenters. The Labute approximate surface area is 165 Å². The lowest BCUT2D eigenvalue weighted by atomic mass is 9.79. The second kappa shape index (κ2) is 9.50. The lowest BCUT2D eigenvalue weighted by Gasteiger charge is -2.35. The minimum Gasteiger partial charge on any atom is -0.388 e. The third-order valence-corrected chi connectivity index (χ3v) is 7.11. The minimum atomic E-state index is -0.404. The molecule has 0 bridgehead atoms. The first-order valence-corrected chi connectivity index (χ1v) is 11.3. The van der Waals surface area contributed by atoms with Crippen molar-refractivity contribution in [2.24, 2.45) is 5.41 Å². The van der Waals surface area contributed by atoms with Gasteiger partial charge < -0.3 is 5.11 Å². The molecule has 0 fully saturated rings. The highest BCUT2D eigenvalue weighted by atomic mass is 32.2. The van der Waals surface area contributed by atoms with E-state index >= 15 is 0 Å². The first-order valence-electron chi connectivity index (χ1n) is 8.97.